The molecule has 0 saturated carbocycles. The van der Waals surface area contributed by atoms with Gasteiger partial charge in [-0.05, 0) is 50.2 Å². The van der Waals surface area contributed by atoms with E-state index in [1.165, 1.54) is 0 Å². The zero-order valence-corrected chi connectivity index (χ0v) is 15.0. The third-order valence-electron chi connectivity index (χ3n) is 3.16. The van der Waals surface area contributed by atoms with Gasteiger partial charge in [-0.3, -0.25) is 4.79 Å². The highest BCUT2D eigenvalue weighted by Crippen LogP contribution is 2.29. The number of nitrogens with zero attached hydrogens (tertiary/aromatic N) is 1. The standard InChI is InChI=1S/C18H17BrN2O3/c1-3-23-17-10-13(11-20)4-9-16(17)24-12(2)18(22)21-15-7-5-14(19)6-8-15/h4-10,12H,3H2,1-2H3,(H,21,22)/t12-/m0/s1. The minimum atomic E-state index is -0.721. The van der Waals surface area contributed by atoms with Gasteiger partial charge in [0.05, 0.1) is 18.2 Å². The van der Waals surface area contributed by atoms with Gasteiger partial charge < -0.3 is 14.8 Å². The van der Waals surface area contributed by atoms with Gasteiger partial charge in [0.2, 0.25) is 0 Å². The quantitative estimate of drug-likeness (QED) is 0.807. The van der Waals surface area contributed by atoms with Gasteiger partial charge in [-0.15, -0.1) is 0 Å². The minimum absolute atomic E-state index is 0.274. The third-order valence-corrected chi connectivity index (χ3v) is 3.69. The number of hydrogen-bond donors (Lipinski definition) is 1. The summed E-state index contributed by atoms with van der Waals surface area (Å²) >= 11 is 3.35. The monoisotopic (exact) mass is 388 g/mol. The van der Waals surface area contributed by atoms with E-state index in [9.17, 15) is 4.79 Å². The Hall–Kier alpha value is -2.52. The van der Waals surface area contributed by atoms with Crippen LogP contribution in [0.1, 0.15) is 19.4 Å². The van der Waals surface area contributed by atoms with Gasteiger partial charge >= 0.3 is 0 Å². The van der Waals surface area contributed by atoms with Gasteiger partial charge in [0.1, 0.15) is 0 Å². The highest BCUT2D eigenvalue weighted by Gasteiger charge is 2.17. The first-order valence-corrected chi connectivity index (χ1v) is 8.22. The smallest absolute Gasteiger partial charge is 0.265 e. The number of benzene rings is 2. The zero-order valence-electron chi connectivity index (χ0n) is 13.4. The van der Waals surface area contributed by atoms with Gasteiger partial charge in [-0.25, -0.2) is 0 Å². The van der Waals surface area contributed by atoms with Crippen molar-refractivity contribution in [3.8, 4) is 17.6 Å². The van der Waals surface area contributed by atoms with Crippen LogP contribution >= 0.6 is 15.9 Å². The van der Waals surface area contributed by atoms with Crippen LogP contribution in [0.2, 0.25) is 0 Å². The van der Waals surface area contributed by atoms with E-state index in [2.05, 4.69) is 21.2 Å². The van der Waals surface area contributed by atoms with Crippen LogP contribution in [0.4, 0.5) is 5.69 Å². The average molecular weight is 389 g/mol. The summed E-state index contributed by atoms with van der Waals surface area (Å²) in [6.45, 7) is 3.93. The Labute approximate surface area is 149 Å². The Morgan fingerprint density at radius 2 is 1.96 bits per heavy atom. The maximum atomic E-state index is 12.3. The molecular weight excluding hydrogens is 372 g/mol. The molecule has 5 nitrogen and oxygen atoms in total. The lowest BCUT2D eigenvalue weighted by molar-refractivity contribution is -0.122. The molecule has 0 aliphatic carbocycles. The molecule has 0 aliphatic heterocycles. The summed E-state index contributed by atoms with van der Waals surface area (Å²) in [4.78, 5) is 12.3. The fourth-order valence-corrected chi connectivity index (χ4v) is 2.23. The molecule has 2 aromatic carbocycles. The van der Waals surface area contributed by atoms with Crippen molar-refractivity contribution in [3.05, 3.63) is 52.5 Å². The molecule has 1 N–H and O–H groups in total. The summed E-state index contributed by atoms with van der Waals surface area (Å²) in [6.07, 6.45) is -0.721. The minimum Gasteiger partial charge on any atom is -0.490 e. The van der Waals surface area contributed by atoms with E-state index in [1.54, 1.807) is 37.3 Å². The molecule has 0 radical (unpaired) electrons. The predicted octanol–water partition coefficient (Wildman–Crippen LogP) is 4.13. The number of anilines is 1. The maximum absolute atomic E-state index is 12.3. The van der Waals surface area contributed by atoms with E-state index in [0.717, 1.165) is 4.47 Å². The van der Waals surface area contributed by atoms with E-state index in [1.807, 2.05) is 25.1 Å². The average Bonchev–Trinajstić information content (AvgIpc) is 2.58. The molecule has 0 aliphatic rings. The normalized spacial score (nSPS) is 11.2. The molecule has 0 spiro atoms. The van der Waals surface area contributed by atoms with Gasteiger partial charge in [-0.1, -0.05) is 15.9 Å². The number of carbonyl (C=O) groups is 1. The van der Waals surface area contributed by atoms with Crippen molar-refractivity contribution in [2.75, 3.05) is 11.9 Å². The molecule has 2 aromatic rings. The topological polar surface area (TPSA) is 71.3 Å². The summed E-state index contributed by atoms with van der Waals surface area (Å²) in [6, 6.07) is 14.2. The van der Waals surface area contributed by atoms with Gasteiger partial charge in [-0.2, -0.15) is 5.26 Å². The highest BCUT2D eigenvalue weighted by atomic mass is 79.9. The lowest BCUT2D eigenvalue weighted by atomic mass is 10.2. The summed E-state index contributed by atoms with van der Waals surface area (Å²) in [7, 11) is 0. The van der Waals surface area contributed by atoms with Crippen LogP contribution < -0.4 is 14.8 Å². The second-order valence-corrected chi connectivity index (χ2v) is 5.88. The number of halogens is 1. The Balaban J connectivity index is 2.08. The molecule has 0 saturated heterocycles. The van der Waals surface area contributed by atoms with Crippen molar-refractivity contribution in [2.45, 2.75) is 20.0 Å². The van der Waals surface area contributed by atoms with E-state index < -0.39 is 6.10 Å². The SMILES string of the molecule is CCOc1cc(C#N)ccc1O[C@@H](C)C(=O)Nc1ccc(Br)cc1. The molecule has 0 heterocycles. The molecule has 1 amide bonds. The molecule has 24 heavy (non-hydrogen) atoms. The van der Waals surface area contributed by atoms with E-state index in [0.29, 0.717) is 29.4 Å². The molecule has 0 fully saturated rings. The van der Waals surface area contributed by atoms with Crippen LogP contribution in [0.15, 0.2) is 46.9 Å². The first-order valence-electron chi connectivity index (χ1n) is 7.43. The second-order valence-electron chi connectivity index (χ2n) is 4.96. The van der Waals surface area contributed by atoms with E-state index in [-0.39, 0.29) is 5.91 Å². The molecule has 0 unspecified atom stereocenters. The zero-order chi connectivity index (χ0) is 17.5. The Morgan fingerprint density at radius 1 is 1.25 bits per heavy atom. The lowest BCUT2D eigenvalue weighted by Gasteiger charge is -2.17. The number of rotatable bonds is 6. The first-order chi connectivity index (χ1) is 11.5. The van der Waals surface area contributed by atoms with Crippen LogP contribution in [-0.4, -0.2) is 18.6 Å². The van der Waals surface area contributed by atoms with Crippen molar-refractivity contribution in [1.82, 2.24) is 0 Å². The first kappa shape index (κ1) is 17.8. The lowest BCUT2D eigenvalue weighted by Crippen LogP contribution is -2.30. The molecule has 0 bridgehead atoms. The molecule has 0 aromatic heterocycles. The van der Waals surface area contributed by atoms with E-state index >= 15 is 0 Å². The summed E-state index contributed by atoms with van der Waals surface area (Å²) in [5.41, 5.74) is 1.15. The number of hydrogen-bond acceptors (Lipinski definition) is 4. The van der Waals surface area contributed by atoms with Crippen molar-refractivity contribution >= 4 is 27.5 Å². The number of nitriles is 1. The fourth-order valence-electron chi connectivity index (χ4n) is 1.96. The summed E-state index contributed by atoms with van der Waals surface area (Å²) in [5, 5.41) is 11.7. The third kappa shape index (κ3) is 4.74. The van der Waals surface area contributed by atoms with Crippen LogP contribution in [0.5, 0.6) is 11.5 Å². The Bertz CT molecular complexity index is 754. The number of ether oxygens (including phenoxy) is 2. The van der Waals surface area contributed by atoms with E-state index in [4.69, 9.17) is 14.7 Å². The van der Waals surface area contributed by atoms with Crippen LogP contribution in [-0.2, 0) is 4.79 Å². The highest BCUT2D eigenvalue weighted by molar-refractivity contribution is 9.10. The maximum Gasteiger partial charge on any atom is 0.265 e. The molecule has 6 heteroatoms. The second kappa shape index (κ2) is 8.37. The Morgan fingerprint density at radius 3 is 2.58 bits per heavy atom. The van der Waals surface area contributed by atoms with Gasteiger partial charge in [0, 0.05) is 16.2 Å². The number of amides is 1. The fraction of sp³-hybridized carbons (Fsp3) is 0.222. The Kier molecular flexibility index (Phi) is 6.21. The predicted molar refractivity (Wildman–Crippen MR) is 95.2 cm³/mol. The van der Waals surface area contributed by atoms with Crippen LogP contribution in [0, 0.1) is 11.3 Å². The summed E-state index contributed by atoms with van der Waals surface area (Å²) in [5.74, 6) is 0.596. The van der Waals surface area contributed by atoms with Crippen LogP contribution in [0.25, 0.3) is 0 Å². The summed E-state index contributed by atoms with van der Waals surface area (Å²) < 4.78 is 12.1. The molecule has 2 rings (SSSR count). The van der Waals surface area contributed by atoms with Crippen molar-refractivity contribution in [2.24, 2.45) is 0 Å². The van der Waals surface area contributed by atoms with Crippen molar-refractivity contribution in [1.29, 1.82) is 5.26 Å². The number of nitrogens with one attached hydrogen (secondary N) is 1. The van der Waals surface area contributed by atoms with Gasteiger partial charge in [0.25, 0.3) is 5.91 Å². The number of carbonyl (C=O) groups excluding carboxylic acids is 1. The molecule has 124 valence electrons. The van der Waals surface area contributed by atoms with Crippen molar-refractivity contribution in [3.63, 3.8) is 0 Å². The molecule has 1 atom stereocenters. The van der Waals surface area contributed by atoms with Crippen LogP contribution in [0.3, 0.4) is 0 Å². The van der Waals surface area contributed by atoms with Crippen molar-refractivity contribution < 1.29 is 14.3 Å². The molecular formula is C18H17BrN2O3. The largest absolute Gasteiger partial charge is 0.490 e. The van der Waals surface area contributed by atoms with Gasteiger partial charge in [0.15, 0.2) is 17.6 Å².